The predicted octanol–water partition coefficient (Wildman–Crippen LogP) is 1.65. The molecule has 0 aromatic heterocycles. The van der Waals surface area contributed by atoms with Crippen molar-refractivity contribution in [2.24, 2.45) is 5.73 Å². The van der Waals surface area contributed by atoms with Crippen molar-refractivity contribution in [1.29, 1.82) is 0 Å². The van der Waals surface area contributed by atoms with E-state index in [-0.39, 0.29) is 6.10 Å². The van der Waals surface area contributed by atoms with Gasteiger partial charge in [-0.15, -0.1) is 0 Å². The fourth-order valence-corrected chi connectivity index (χ4v) is 1.35. The Kier molecular flexibility index (Phi) is 4.31. The van der Waals surface area contributed by atoms with E-state index in [4.69, 9.17) is 10.5 Å². The van der Waals surface area contributed by atoms with Gasteiger partial charge in [0.05, 0.1) is 13.2 Å². The lowest BCUT2D eigenvalue weighted by molar-refractivity contribution is -0.142. The van der Waals surface area contributed by atoms with Crippen LogP contribution in [0.2, 0.25) is 0 Å². The maximum absolute atomic E-state index is 11.3. The third kappa shape index (κ3) is 2.97. The number of hydrogen-bond acceptors (Lipinski definition) is 4. The van der Waals surface area contributed by atoms with Crippen molar-refractivity contribution in [3.63, 3.8) is 0 Å². The van der Waals surface area contributed by atoms with Crippen LogP contribution in [0.25, 0.3) is 0 Å². The van der Waals surface area contributed by atoms with E-state index in [2.05, 4.69) is 4.74 Å². The average molecular weight is 223 g/mol. The molecule has 1 aromatic carbocycles. The van der Waals surface area contributed by atoms with E-state index in [0.717, 1.165) is 0 Å². The minimum absolute atomic E-state index is 0.0333. The number of ether oxygens (including phenoxy) is 2. The zero-order chi connectivity index (χ0) is 12.1. The minimum atomic E-state index is -0.806. The van der Waals surface area contributed by atoms with E-state index in [1.165, 1.54) is 7.11 Å². The second kappa shape index (κ2) is 5.51. The van der Waals surface area contributed by atoms with Crippen molar-refractivity contribution < 1.29 is 14.3 Å². The summed E-state index contributed by atoms with van der Waals surface area (Å²) >= 11 is 0. The van der Waals surface area contributed by atoms with Crippen molar-refractivity contribution in [2.75, 3.05) is 7.11 Å². The molecular formula is C12H17NO3. The van der Waals surface area contributed by atoms with Crippen molar-refractivity contribution in [3.05, 3.63) is 29.8 Å². The Morgan fingerprint density at radius 2 is 1.94 bits per heavy atom. The number of nitrogens with two attached hydrogens (primary N) is 1. The van der Waals surface area contributed by atoms with Gasteiger partial charge in [-0.3, -0.25) is 4.79 Å². The molecule has 4 nitrogen and oxygen atoms in total. The number of methoxy groups -OCH3 is 1. The summed E-state index contributed by atoms with van der Waals surface area (Å²) in [6.45, 7) is 3.83. The van der Waals surface area contributed by atoms with E-state index < -0.39 is 12.0 Å². The maximum atomic E-state index is 11.3. The molecule has 0 aliphatic heterocycles. The van der Waals surface area contributed by atoms with Gasteiger partial charge < -0.3 is 15.2 Å². The molecule has 0 aliphatic carbocycles. The molecular weight excluding hydrogens is 206 g/mol. The summed E-state index contributed by atoms with van der Waals surface area (Å²) in [4.78, 5) is 11.3. The van der Waals surface area contributed by atoms with Crippen LogP contribution in [0.5, 0.6) is 5.75 Å². The third-order valence-corrected chi connectivity index (χ3v) is 2.07. The fourth-order valence-electron chi connectivity index (χ4n) is 1.35. The number of hydrogen-bond donors (Lipinski definition) is 1. The van der Waals surface area contributed by atoms with Gasteiger partial charge in [0.25, 0.3) is 0 Å². The van der Waals surface area contributed by atoms with E-state index in [1.807, 2.05) is 26.0 Å². The molecule has 0 saturated carbocycles. The monoisotopic (exact) mass is 223 g/mol. The summed E-state index contributed by atoms with van der Waals surface area (Å²) < 4.78 is 10.2. The van der Waals surface area contributed by atoms with E-state index in [0.29, 0.717) is 11.3 Å². The van der Waals surface area contributed by atoms with Gasteiger partial charge in [0, 0.05) is 5.56 Å². The molecule has 88 valence electrons. The van der Waals surface area contributed by atoms with Gasteiger partial charge in [-0.05, 0) is 19.9 Å². The Balaban J connectivity index is 2.98. The van der Waals surface area contributed by atoms with Crippen LogP contribution < -0.4 is 10.5 Å². The lowest BCUT2D eigenvalue weighted by Crippen LogP contribution is -2.23. The topological polar surface area (TPSA) is 61.5 Å². The molecule has 16 heavy (non-hydrogen) atoms. The minimum Gasteiger partial charge on any atom is -0.491 e. The van der Waals surface area contributed by atoms with Crippen molar-refractivity contribution >= 4 is 5.97 Å². The number of para-hydroxylation sites is 1. The SMILES string of the molecule is COC(=O)[C@@H](N)c1ccccc1OC(C)C. The summed E-state index contributed by atoms with van der Waals surface area (Å²) in [5.41, 5.74) is 6.41. The largest absolute Gasteiger partial charge is 0.491 e. The highest BCUT2D eigenvalue weighted by Gasteiger charge is 2.20. The lowest BCUT2D eigenvalue weighted by atomic mass is 10.1. The Bertz CT molecular complexity index is 363. The normalized spacial score (nSPS) is 12.3. The standard InChI is InChI=1S/C12H17NO3/c1-8(2)16-10-7-5-4-6-9(10)11(13)12(14)15-3/h4-8,11H,13H2,1-3H3/t11-/m0/s1. The molecule has 0 heterocycles. The molecule has 1 aromatic rings. The average Bonchev–Trinajstić information content (AvgIpc) is 2.27. The van der Waals surface area contributed by atoms with Crippen molar-refractivity contribution in [1.82, 2.24) is 0 Å². The van der Waals surface area contributed by atoms with Gasteiger partial charge in [-0.2, -0.15) is 0 Å². The second-order valence-corrected chi connectivity index (χ2v) is 3.71. The van der Waals surface area contributed by atoms with Crippen LogP contribution in [0.3, 0.4) is 0 Å². The smallest absolute Gasteiger partial charge is 0.327 e. The second-order valence-electron chi connectivity index (χ2n) is 3.71. The molecule has 0 saturated heterocycles. The Morgan fingerprint density at radius 1 is 1.31 bits per heavy atom. The van der Waals surface area contributed by atoms with Crippen molar-refractivity contribution in [2.45, 2.75) is 26.0 Å². The molecule has 0 bridgehead atoms. The molecule has 0 unspecified atom stereocenters. The quantitative estimate of drug-likeness (QED) is 0.788. The Morgan fingerprint density at radius 3 is 2.50 bits per heavy atom. The van der Waals surface area contributed by atoms with Gasteiger partial charge >= 0.3 is 5.97 Å². The summed E-state index contributed by atoms with van der Waals surface area (Å²) in [6, 6.07) is 6.40. The molecule has 0 spiro atoms. The Hall–Kier alpha value is -1.55. The lowest BCUT2D eigenvalue weighted by Gasteiger charge is -2.17. The summed E-state index contributed by atoms with van der Waals surface area (Å²) in [5.74, 6) is 0.148. The summed E-state index contributed by atoms with van der Waals surface area (Å²) in [7, 11) is 1.31. The first-order valence-electron chi connectivity index (χ1n) is 5.15. The number of rotatable bonds is 4. The van der Waals surface area contributed by atoms with Gasteiger partial charge in [-0.25, -0.2) is 0 Å². The molecule has 1 atom stereocenters. The number of benzene rings is 1. The molecule has 4 heteroatoms. The fraction of sp³-hybridized carbons (Fsp3) is 0.417. The maximum Gasteiger partial charge on any atom is 0.327 e. The van der Waals surface area contributed by atoms with E-state index in [1.54, 1.807) is 12.1 Å². The molecule has 0 fully saturated rings. The van der Waals surface area contributed by atoms with Crippen molar-refractivity contribution in [3.8, 4) is 5.75 Å². The van der Waals surface area contributed by atoms with Crippen LogP contribution in [0.1, 0.15) is 25.5 Å². The molecule has 1 rings (SSSR count). The van der Waals surface area contributed by atoms with Gasteiger partial charge in [-0.1, -0.05) is 18.2 Å². The first-order chi connectivity index (χ1) is 7.56. The molecule has 2 N–H and O–H groups in total. The number of esters is 1. The van der Waals surface area contributed by atoms with Crippen LogP contribution >= 0.6 is 0 Å². The zero-order valence-electron chi connectivity index (χ0n) is 9.77. The first-order valence-corrected chi connectivity index (χ1v) is 5.15. The first kappa shape index (κ1) is 12.5. The van der Waals surface area contributed by atoms with Gasteiger partial charge in [0.1, 0.15) is 11.8 Å². The van der Waals surface area contributed by atoms with Crippen LogP contribution in [-0.4, -0.2) is 19.2 Å². The number of carbonyl (C=O) groups is 1. The van der Waals surface area contributed by atoms with Crippen LogP contribution in [0, 0.1) is 0 Å². The highest BCUT2D eigenvalue weighted by atomic mass is 16.5. The highest BCUT2D eigenvalue weighted by Crippen LogP contribution is 2.25. The highest BCUT2D eigenvalue weighted by molar-refractivity contribution is 5.78. The van der Waals surface area contributed by atoms with Crippen LogP contribution in [0.15, 0.2) is 24.3 Å². The van der Waals surface area contributed by atoms with Gasteiger partial charge in [0.15, 0.2) is 0 Å². The summed E-state index contributed by atoms with van der Waals surface area (Å²) in [6.07, 6.45) is 0.0333. The molecule has 0 amide bonds. The zero-order valence-corrected chi connectivity index (χ0v) is 9.77. The van der Waals surface area contributed by atoms with E-state index in [9.17, 15) is 4.79 Å². The van der Waals surface area contributed by atoms with Crippen LogP contribution in [0.4, 0.5) is 0 Å². The number of carbonyl (C=O) groups excluding carboxylic acids is 1. The third-order valence-electron chi connectivity index (χ3n) is 2.07. The molecule has 0 aliphatic rings. The van der Waals surface area contributed by atoms with E-state index >= 15 is 0 Å². The molecule has 0 radical (unpaired) electrons. The van der Waals surface area contributed by atoms with Crippen LogP contribution in [-0.2, 0) is 9.53 Å². The Labute approximate surface area is 95.3 Å². The summed E-state index contributed by atoms with van der Waals surface area (Å²) in [5, 5.41) is 0. The predicted molar refractivity (Wildman–Crippen MR) is 61.2 cm³/mol. The van der Waals surface area contributed by atoms with Gasteiger partial charge in [0.2, 0.25) is 0 Å².